The van der Waals surface area contributed by atoms with Crippen molar-refractivity contribution in [2.75, 3.05) is 27.2 Å². The standard InChI is InChI=1S/C18H32N6O/c1-12(2)10-19-18(20-11-17(25)23(6)7)21-13(3)9-16-14(4)22-24(8)15(16)5/h13H,1,9-11H2,2-8H3,(H2,19,20,21). The monoisotopic (exact) mass is 348 g/mol. The van der Waals surface area contributed by atoms with E-state index in [0.717, 1.165) is 17.7 Å². The number of guanidine groups is 1. The summed E-state index contributed by atoms with van der Waals surface area (Å²) < 4.78 is 1.90. The van der Waals surface area contributed by atoms with Gasteiger partial charge in [0.1, 0.15) is 6.54 Å². The van der Waals surface area contributed by atoms with Crippen LogP contribution in [0, 0.1) is 13.8 Å². The first-order chi connectivity index (χ1) is 11.6. The highest BCUT2D eigenvalue weighted by Gasteiger charge is 2.14. The lowest BCUT2D eigenvalue weighted by molar-refractivity contribution is -0.127. The van der Waals surface area contributed by atoms with Crippen LogP contribution in [-0.2, 0) is 18.3 Å². The van der Waals surface area contributed by atoms with Crippen LogP contribution in [0.1, 0.15) is 30.8 Å². The van der Waals surface area contributed by atoms with Crippen molar-refractivity contribution in [2.24, 2.45) is 12.0 Å². The molecular formula is C18H32N6O. The lowest BCUT2D eigenvalue weighted by Gasteiger charge is -2.19. The summed E-state index contributed by atoms with van der Waals surface area (Å²) in [6.07, 6.45) is 0.834. The SMILES string of the molecule is C=C(C)CNC(=NCC(=O)N(C)C)NC(C)Cc1c(C)nn(C)c1C. The minimum Gasteiger partial charge on any atom is -0.354 e. The van der Waals surface area contributed by atoms with Gasteiger partial charge in [0, 0.05) is 39.4 Å². The zero-order chi connectivity index (χ0) is 19.1. The predicted octanol–water partition coefficient (Wildman–Crippen LogP) is 1.17. The van der Waals surface area contributed by atoms with Crippen LogP contribution in [-0.4, -0.2) is 59.8 Å². The summed E-state index contributed by atoms with van der Waals surface area (Å²) in [7, 11) is 5.41. The van der Waals surface area contributed by atoms with Crippen molar-refractivity contribution in [2.45, 2.75) is 40.2 Å². The Kier molecular flexibility index (Phi) is 7.67. The fraction of sp³-hybridized carbons (Fsp3) is 0.611. The number of nitrogens with zero attached hydrogens (tertiary/aromatic N) is 4. The Hall–Kier alpha value is -2.31. The Morgan fingerprint density at radius 2 is 2.04 bits per heavy atom. The molecule has 1 rings (SSSR count). The number of hydrogen-bond donors (Lipinski definition) is 2. The zero-order valence-corrected chi connectivity index (χ0v) is 16.6. The van der Waals surface area contributed by atoms with Gasteiger partial charge in [-0.3, -0.25) is 9.48 Å². The van der Waals surface area contributed by atoms with E-state index in [1.807, 2.05) is 25.6 Å². The molecular weight excluding hydrogens is 316 g/mol. The molecule has 2 N–H and O–H groups in total. The van der Waals surface area contributed by atoms with Gasteiger partial charge in [-0.2, -0.15) is 5.10 Å². The van der Waals surface area contributed by atoms with E-state index in [0.29, 0.717) is 12.5 Å². The molecule has 1 aromatic heterocycles. The summed E-state index contributed by atoms with van der Waals surface area (Å²) >= 11 is 0. The van der Waals surface area contributed by atoms with Crippen molar-refractivity contribution in [3.05, 3.63) is 29.1 Å². The Morgan fingerprint density at radius 1 is 1.40 bits per heavy atom. The quantitative estimate of drug-likeness (QED) is 0.441. The highest BCUT2D eigenvalue weighted by Crippen LogP contribution is 2.14. The third-order valence-electron chi connectivity index (χ3n) is 3.98. The van der Waals surface area contributed by atoms with E-state index in [1.165, 1.54) is 16.2 Å². The zero-order valence-electron chi connectivity index (χ0n) is 16.6. The molecule has 1 atom stereocenters. The number of hydrogen-bond acceptors (Lipinski definition) is 3. The minimum absolute atomic E-state index is 0.0389. The molecule has 0 aliphatic carbocycles. The first-order valence-electron chi connectivity index (χ1n) is 8.50. The van der Waals surface area contributed by atoms with Crippen LogP contribution >= 0.6 is 0 Å². The highest BCUT2D eigenvalue weighted by atomic mass is 16.2. The third-order valence-corrected chi connectivity index (χ3v) is 3.98. The number of carbonyl (C=O) groups excluding carboxylic acids is 1. The van der Waals surface area contributed by atoms with Crippen LogP contribution < -0.4 is 10.6 Å². The number of aromatic nitrogens is 2. The number of rotatable bonds is 7. The van der Waals surface area contributed by atoms with Crippen molar-refractivity contribution < 1.29 is 4.79 Å². The normalized spacial score (nSPS) is 12.7. The second-order valence-electron chi connectivity index (χ2n) is 6.79. The number of amides is 1. The average Bonchev–Trinajstić information content (AvgIpc) is 2.75. The highest BCUT2D eigenvalue weighted by molar-refractivity contribution is 5.85. The summed E-state index contributed by atoms with van der Waals surface area (Å²) in [6.45, 7) is 12.8. The number of carbonyl (C=O) groups is 1. The Labute approximate surface area is 151 Å². The summed E-state index contributed by atoms with van der Waals surface area (Å²) in [4.78, 5) is 17.7. The van der Waals surface area contributed by atoms with E-state index in [9.17, 15) is 4.79 Å². The van der Waals surface area contributed by atoms with Gasteiger partial charge in [0.05, 0.1) is 5.69 Å². The molecule has 0 aliphatic rings. The van der Waals surface area contributed by atoms with E-state index in [-0.39, 0.29) is 18.5 Å². The van der Waals surface area contributed by atoms with E-state index >= 15 is 0 Å². The Balaban J connectivity index is 2.79. The molecule has 0 aliphatic heterocycles. The van der Waals surface area contributed by atoms with Crippen molar-refractivity contribution in [1.29, 1.82) is 0 Å². The molecule has 0 fully saturated rings. The second-order valence-corrected chi connectivity index (χ2v) is 6.79. The summed E-state index contributed by atoms with van der Waals surface area (Å²) in [5.41, 5.74) is 4.46. The number of likely N-dealkylation sites (N-methyl/N-ethyl adjacent to an activating group) is 1. The maximum atomic E-state index is 11.8. The van der Waals surface area contributed by atoms with Crippen LogP contribution in [0.15, 0.2) is 17.1 Å². The van der Waals surface area contributed by atoms with Gasteiger partial charge < -0.3 is 15.5 Å². The largest absolute Gasteiger partial charge is 0.354 e. The molecule has 1 amide bonds. The third kappa shape index (κ3) is 6.60. The van der Waals surface area contributed by atoms with Crippen molar-refractivity contribution in [1.82, 2.24) is 25.3 Å². The topological polar surface area (TPSA) is 74.6 Å². The van der Waals surface area contributed by atoms with Gasteiger partial charge in [0.2, 0.25) is 5.91 Å². The van der Waals surface area contributed by atoms with Gasteiger partial charge >= 0.3 is 0 Å². The predicted molar refractivity (Wildman–Crippen MR) is 103 cm³/mol. The molecule has 0 saturated heterocycles. The van der Waals surface area contributed by atoms with E-state index in [2.05, 4.69) is 41.2 Å². The minimum atomic E-state index is -0.0389. The van der Waals surface area contributed by atoms with Gasteiger partial charge in [-0.1, -0.05) is 12.2 Å². The molecule has 0 radical (unpaired) electrons. The van der Waals surface area contributed by atoms with Gasteiger partial charge in [-0.05, 0) is 39.7 Å². The average molecular weight is 348 g/mol. The van der Waals surface area contributed by atoms with E-state index in [4.69, 9.17) is 0 Å². The summed E-state index contributed by atoms with van der Waals surface area (Å²) in [6, 6.07) is 0.146. The van der Waals surface area contributed by atoms with Crippen LogP contribution in [0.5, 0.6) is 0 Å². The lowest BCUT2D eigenvalue weighted by Crippen LogP contribution is -2.44. The maximum Gasteiger partial charge on any atom is 0.243 e. The molecule has 7 nitrogen and oxygen atoms in total. The first kappa shape index (κ1) is 20.7. The molecule has 0 spiro atoms. The fourth-order valence-electron chi connectivity index (χ4n) is 2.38. The molecule has 25 heavy (non-hydrogen) atoms. The number of nitrogens with one attached hydrogen (secondary N) is 2. The number of aliphatic imine (C=N–C) groups is 1. The van der Waals surface area contributed by atoms with Crippen molar-refractivity contribution in [3.8, 4) is 0 Å². The first-order valence-corrected chi connectivity index (χ1v) is 8.50. The molecule has 7 heteroatoms. The lowest BCUT2D eigenvalue weighted by atomic mass is 10.1. The Bertz CT molecular complexity index is 644. The van der Waals surface area contributed by atoms with Gasteiger partial charge in [0.15, 0.2) is 5.96 Å². The molecule has 0 bridgehead atoms. The second kappa shape index (κ2) is 9.25. The molecule has 1 aromatic rings. The van der Waals surface area contributed by atoms with Gasteiger partial charge in [-0.15, -0.1) is 0 Å². The van der Waals surface area contributed by atoms with Crippen molar-refractivity contribution in [3.63, 3.8) is 0 Å². The summed E-state index contributed by atoms with van der Waals surface area (Å²) in [5, 5.41) is 11.0. The number of aryl methyl sites for hydroxylation is 2. The van der Waals surface area contributed by atoms with Crippen LogP contribution in [0.2, 0.25) is 0 Å². The molecule has 1 unspecified atom stereocenters. The summed E-state index contributed by atoms with van der Waals surface area (Å²) in [5.74, 6) is 0.577. The van der Waals surface area contributed by atoms with Gasteiger partial charge in [-0.25, -0.2) is 4.99 Å². The molecule has 0 saturated carbocycles. The van der Waals surface area contributed by atoms with Crippen LogP contribution in [0.3, 0.4) is 0 Å². The van der Waals surface area contributed by atoms with E-state index < -0.39 is 0 Å². The maximum absolute atomic E-state index is 11.8. The Morgan fingerprint density at radius 3 is 2.52 bits per heavy atom. The van der Waals surface area contributed by atoms with E-state index in [1.54, 1.807) is 14.1 Å². The molecule has 140 valence electrons. The van der Waals surface area contributed by atoms with Gasteiger partial charge in [0.25, 0.3) is 0 Å². The van der Waals surface area contributed by atoms with Crippen LogP contribution in [0.25, 0.3) is 0 Å². The van der Waals surface area contributed by atoms with Crippen LogP contribution in [0.4, 0.5) is 0 Å². The smallest absolute Gasteiger partial charge is 0.243 e. The van der Waals surface area contributed by atoms with Crippen molar-refractivity contribution >= 4 is 11.9 Å². The molecule has 1 heterocycles. The molecule has 0 aromatic carbocycles. The fourth-order valence-corrected chi connectivity index (χ4v) is 2.38.